The average Bonchev–Trinajstić information content (AvgIpc) is 3.02. The van der Waals surface area contributed by atoms with Crippen LogP contribution in [0.25, 0.3) is 0 Å². The minimum Gasteiger partial charge on any atom is -0.466 e. The number of nitrogens with zero attached hydrogens (tertiary/aromatic N) is 2. The Balaban J connectivity index is 1.92. The molecule has 3 heterocycles. The zero-order valence-electron chi connectivity index (χ0n) is 15.0. The van der Waals surface area contributed by atoms with E-state index in [1.54, 1.807) is 43.6 Å². The van der Waals surface area contributed by atoms with Crippen molar-refractivity contribution in [1.29, 1.82) is 0 Å². The highest BCUT2D eigenvalue weighted by Gasteiger charge is 2.49. The predicted octanol–water partition coefficient (Wildman–Crippen LogP) is 1.00. The fourth-order valence-electron chi connectivity index (χ4n) is 3.81. The molecule has 1 aromatic rings. The lowest BCUT2D eigenvalue weighted by Gasteiger charge is -2.44. The van der Waals surface area contributed by atoms with Gasteiger partial charge in [0.05, 0.1) is 29.2 Å². The highest BCUT2D eigenvalue weighted by atomic mass is 32.2. The zero-order valence-corrected chi connectivity index (χ0v) is 15.8. The Morgan fingerprint density at radius 2 is 1.68 bits per heavy atom. The number of sulfone groups is 1. The first-order chi connectivity index (χ1) is 11.6. The second-order valence-corrected chi connectivity index (χ2v) is 9.38. The smallest absolute Gasteiger partial charge is 0.257 e. The third-order valence-electron chi connectivity index (χ3n) is 4.99. The lowest BCUT2D eigenvalue weighted by molar-refractivity contribution is -0.139. The molecular weight excluding hydrogens is 344 g/mol. The molecule has 2 amide bonds. The number of aryl methyl sites for hydroxylation is 2. The molecule has 2 aliphatic rings. The van der Waals surface area contributed by atoms with E-state index in [9.17, 15) is 18.0 Å². The van der Waals surface area contributed by atoms with Gasteiger partial charge in [0.25, 0.3) is 5.91 Å². The highest BCUT2D eigenvalue weighted by molar-refractivity contribution is 7.91. The van der Waals surface area contributed by atoms with Crippen molar-refractivity contribution >= 4 is 21.7 Å². The van der Waals surface area contributed by atoms with Gasteiger partial charge in [-0.2, -0.15) is 0 Å². The van der Waals surface area contributed by atoms with Gasteiger partial charge in [0.15, 0.2) is 9.84 Å². The first kappa shape index (κ1) is 18.0. The van der Waals surface area contributed by atoms with Crippen LogP contribution in [0.2, 0.25) is 0 Å². The number of piperazine rings is 1. The number of carbonyl (C=O) groups is 2. The monoisotopic (exact) mass is 368 g/mol. The minimum atomic E-state index is -3.29. The number of hydrogen-bond acceptors (Lipinski definition) is 5. The van der Waals surface area contributed by atoms with E-state index in [0.29, 0.717) is 30.2 Å². The van der Waals surface area contributed by atoms with Gasteiger partial charge in [-0.1, -0.05) is 13.8 Å². The molecule has 25 heavy (non-hydrogen) atoms. The first-order valence-electron chi connectivity index (χ1n) is 8.49. The Labute approximate surface area is 147 Å². The van der Waals surface area contributed by atoms with E-state index in [1.807, 2.05) is 0 Å². The largest absolute Gasteiger partial charge is 0.466 e. The summed E-state index contributed by atoms with van der Waals surface area (Å²) in [5.41, 5.74) is 0.462. The number of rotatable bonds is 2. The summed E-state index contributed by atoms with van der Waals surface area (Å²) in [4.78, 5) is 28.7. The Morgan fingerprint density at radius 3 is 2.20 bits per heavy atom. The quantitative estimate of drug-likeness (QED) is 0.777. The lowest BCUT2D eigenvalue weighted by Crippen LogP contribution is -2.62. The van der Waals surface area contributed by atoms with Crippen molar-refractivity contribution in [3.05, 3.63) is 23.2 Å². The third kappa shape index (κ3) is 3.19. The topological polar surface area (TPSA) is 87.9 Å². The summed E-state index contributed by atoms with van der Waals surface area (Å²) >= 11 is 0. The molecule has 7 nitrogen and oxygen atoms in total. The molecule has 138 valence electrons. The second kappa shape index (κ2) is 6.16. The summed E-state index contributed by atoms with van der Waals surface area (Å²) in [7, 11) is -3.29. The van der Waals surface area contributed by atoms with Crippen molar-refractivity contribution in [3.8, 4) is 0 Å². The number of carbonyl (C=O) groups excluding carboxylic acids is 2. The molecule has 2 aliphatic heterocycles. The molecule has 0 N–H and O–H groups in total. The molecule has 2 fully saturated rings. The van der Waals surface area contributed by atoms with Crippen molar-refractivity contribution in [1.82, 2.24) is 9.80 Å². The maximum absolute atomic E-state index is 13.0. The molecule has 0 aliphatic carbocycles. The van der Waals surface area contributed by atoms with Crippen LogP contribution in [-0.4, -0.2) is 66.7 Å². The fourth-order valence-corrected chi connectivity index (χ4v) is 5.79. The molecule has 1 aromatic heterocycles. The summed E-state index contributed by atoms with van der Waals surface area (Å²) in [6.07, 6.45) is 0. The summed E-state index contributed by atoms with van der Waals surface area (Å²) in [6.45, 7) is 7.78. The standard InChI is InChI=1S/C17H24N2O5S/c1-10(2)16(20)18-5-6-19(15-9-25(22,23)8-14(15)18)17(21)13-7-11(3)24-12(13)4/h7,10,14-15H,5-6,8-9H2,1-4H3/t14-,15+/m1/s1. The minimum absolute atomic E-state index is 0.0606. The number of furan rings is 1. The molecule has 3 rings (SSSR count). The van der Waals surface area contributed by atoms with Crippen LogP contribution in [0.15, 0.2) is 10.5 Å². The molecule has 0 radical (unpaired) electrons. The van der Waals surface area contributed by atoms with Gasteiger partial charge in [0, 0.05) is 19.0 Å². The molecule has 0 aromatic carbocycles. The predicted molar refractivity (Wildman–Crippen MR) is 92.0 cm³/mol. The number of hydrogen-bond donors (Lipinski definition) is 0. The van der Waals surface area contributed by atoms with E-state index in [1.165, 1.54) is 0 Å². The van der Waals surface area contributed by atoms with Gasteiger partial charge in [-0.15, -0.1) is 0 Å². The lowest BCUT2D eigenvalue weighted by atomic mass is 10.0. The van der Waals surface area contributed by atoms with Gasteiger partial charge >= 0.3 is 0 Å². The molecule has 0 saturated carbocycles. The highest BCUT2D eigenvalue weighted by Crippen LogP contribution is 2.30. The molecule has 0 spiro atoms. The van der Waals surface area contributed by atoms with Crippen LogP contribution in [0, 0.1) is 19.8 Å². The van der Waals surface area contributed by atoms with Crippen molar-refractivity contribution < 1.29 is 22.4 Å². The van der Waals surface area contributed by atoms with Crippen LogP contribution in [0.3, 0.4) is 0 Å². The van der Waals surface area contributed by atoms with Crippen molar-refractivity contribution in [2.24, 2.45) is 5.92 Å². The van der Waals surface area contributed by atoms with E-state index in [2.05, 4.69) is 0 Å². The maximum atomic E-state index is 13.0. The Kier molecular flexibility index (Phi) is 4.43. The van der Waals surface area contributed by atoms with Crippen LogP contribution in [0.1, 0.15) is 35.7 Å². The van der Waals surface area contributed by atoms with Crippen molar-refractivity contribution in [3.63, 3.8) is 0 Å². The Hall–Kier alpha value is -1.83. The second-order valence-electron chi connectivity index (χ2n) is 7.22. The maximum Gasteiger partial charge on any atom is 0.257 e. The fraction of sp³-hybridized carbons (Fsp3) is 0.647. The van der Waals surface area contributed by atoms with Crippen molar-refractivity contribution in [2.75, 3.05) is 24.6 Å². The van der Waals surface area contributed by atoms with Crippen LogP contribution in [0.4, 0.5) is 0 Å². The van der Waals surface area contributed by atoms with E-state index in [4.69, 9.17) is 4.42 Å². The molecular formula is C17H24N2O5S. The van der Waals surface area contributed by atoms with Gasteiger partial charge < -0.3 is 14.2 Å². The average molecular weight is 368 g/mol. The van der Waals surface area contributed by atoms with Gasteiger partial charge in [0.2, 0.25) is 5.91 Å². The first-order valence-corrected chi connectivity index (χ1v) is 10.3. The molecule has 2 atom stereocenters. The molecule has 0 bridgehead atoms. The van der Waals surface area contributed by atoms with Gasteiger partial charge in [0.1, 0.15) is 11.5 Å². The van der Waals surface area contributed by atoms with Gasteiger partial charge in [-0.3, -0.25) is 9.59 Å². The van der Waals surface area contributed by atoms with E-state index in [0.717, 1.165) is 0 Å². The van der Waals surface area contributed by atoms with Crippen LogP contribution < -0.4 is 0 Å². The third-order valence-corrected chi connectivity index (χ3v) is 6.68. The summed E-state index contributed by atoms with van der Waals surface area (Å²) < 4.78 is 29.9. The van der Waals surface area contributed by atoms with Gasteiger partial charge in [-0.25, -0.2) is 8.42 Å². The summed E-state index contributed by atoms with van der Waals surface area (Å²) in [5.74, 6) is 0.507. The molecule has 2 saturated heterocycles. The normalized spacial score (nSPS) is 25.3. The molecule has 8 heteroatoms. The van der Waals surface area contributed by atoms with Crippen LogP contribution in [-0.2, 0) is 14.6 Å². The van der Waals surface area contributed by atoms with E-state index in [-0.39, 0.29) is 29.2 Å². The summed E-state index contributed by atoms with van der Waals surface area (Å²) in [6, 6.07) is 0.719. The molecule has 0 unspecified atom stereocenters. The number of amides is 2. The van der Waals surface area contributed by atoms with Crippen LogP contribution in [0.5, 0.6) is 0 Å². The Bertz CT molecular complexity index is 811. The van der Waals surface area contributed by atoms with Gasteiger partial charge in [-0.05, 0) is 19.9 Å². The zero-order chi connectivity index (χ0) is 18.5. The Morgan fingerprint density at radius 1 is 1.12 bits per heavy atom. The number of fused-ring (bicyclic) bond motifs is 1. The van der Waals surface area contributed by atoms with E-state index >= 15 is 0 Å². The van der Waals surface area contributed by atoms with Crippen LogP contribution >= 0.6 is 0 Å². The SMILES string of the molecule is Cc1cc(C(=O)N2CCN(C(=O)C(C)C)[C@@H]3CS(=O)(=O)C[C@@H]32)c(C)o1. The summed E-state index contributed by atoms with van der Waals surface area (Å²) in [5, 5.41) is 0. The van der Waals surface area contributed by atoms with E-state index < -0.39 is 21.9 Å². The van der Waals surface area contributed by atoms with Crippen molar-refractivity contribution in [2.45, 2.75) is 39.8 Å².